The van der Waals surface area contributed by atoms with Crippen molar-refractivity contribution in [3.63, 3.8) is 0 Å². The summed E-state index contributed by atoms with van der Waals surface area (Å²) in [7, 11) is 1.67. The molecule has 0 saturated carbocycles. The lowest BCUT2D eigenvalue weighted by molar-refractivity contribution is 0.203. The standard InChI is InChI=1S/C11H19N5O/c1-8(2)16(4-5-17-3)10-7-14-9(6-15-10)11(12)13/h6-8H,4-5H2,1-3H3,(H3,12,13). The maximum absolute atomic E-state index is 7.25. The second-order valence-electron chi connectivity index (χ2n) is 3.95. The van der Waals surface area contributed by atoms with Gasteiger partial charge in [0.05, 0.1) is 19.0 Å². The van der Waals surface area contributed by atoms with E-state index in [0.29, 0.717) is 18.3 Å². The summed E-state index contributed by atoms with van der Waals surface area (Å²) in [6, 6.07) is 0.308. The van der Waals surface area contributed by atoms with E-state index < -0.39 is 0 Å². The smallest absolute Gasteiger partial charge is 0.147 e. The lowest BCUT2D eigenvalue weighted by Crippen LogP contribution is -2.34. The first kappa shape index (κ1) is 13.4. The van der Waals surface area contributed by atoms with Gasteiger partial charge in [-0.25, -0.2) is 9.97 Å². The molecule has 0 spiro atoms. The molecule has 3 N–H and O–H groups in total. The molecule has 0 saturated heterocycles. The Morgan fingerprint density at radius 1 is 1.47 bits per heavy atom. The van der Waals surface area contributed by atoms with Crippen molar-refractivity contribution in [1.82, 2.24) is 9.97 Å². The van der Waals surface area contributed by atoms with Crippen LogP contribution < -0.4 is 10.6 Å². The molecule has 1 aromatic rings. The Labute approximate surface area is 101 Å². The van der Waals surface area contributed by atoms with Crippen LogP contribution in [-0.4, -0.2) is 42.1 Å². The Bertz CT molecular complexity index is 363. The van der Waals surface area contributed by atoms with Gasteiger partial charge in [-0.2, -0.15) is 0 Å². The molecule has 0 aliphatic carbocycles. The number of nitrogens with one attached hydrogen (secondary N) is 1. The molecule has 0 bridgehead atoms. The summed E-state index contributed by atoms with van der Waals surface area (Å²) >= 11 is 0. The zero-order chi connectivity index (χ0) is 12.8. The highest BCUT2D eigenvalue weighted by atomic mass is 16.5. The summed E-state index contributed by atoms with van der Waals surface area (Å²) in [6.45, 7) is 5.54. The minimum absolute atomic E-state index is 0.0722. The highest BCUT2D eigenvalue weighted by molar-refractivity contribution is 5.92. The summed E-state index contributed by atoms with van der Waals surface area (Å²) in [5.41, 5.74) is 5.72. The molecule has 94 valence electrons. The monoisotopic (exact) mass is 237 g/mol. The third kappa shape index (κ3) is 3.67. The van der Waals surface area contributed by atoms with Gasteiger partial charge >= 0.3 is 0 Å². The Balaban J connectivity index is 2.83. The van der Waals surface area contributed by atoms with E-state index in [-0.39, 0.29) is 5.84 Å². The summed E-state index contributed by atoms with van der Waals surface area (Å²) in [4.78, 5) is 10.4. The van der Waals surface area contributed by atoms with Gasteiger partial charge in [0.25, 0.3) is 0 Å². The molecule has 0 amide bonds. The number of nitrogen functional groups attached to an aromatic ring is 1. The maximum atomic E-state index is 7.25. The Morgan fingerprint density at radius 2 is 2.18 bits per heavy atom. The van der Waals surface area contributed by atoms with Crippen molar-refractivity contribution in [2.24, 2.45) is 5.73 Å². The van der Waals surface area contributed by atoms with Crippen molar-refractivity contribution >= 4 is 11.7 Å². The van der Waals surface area contributed by atoms with Gasteiger partial charge in [-0.1, -0.05) is 0 Å². The summed E-state index contributed by atoms with van der Waals surface area (Å²) in [6.07, 6.45) is 3.15. The van der Waals surface area contributed by atoms with Gasteiger partial charge < -0.3 is 15.4 Å². The molecule has 0 aromatic carbocycles. The predicted octanol–water partition coefficient (Wildman–Crippen LogP) is 0.622. The average molecular weight is 237 g/mol. The second-order valence-corrected chi connectivity index (χ2v) is 3.95. The molecule has 0 atom stereocenters. The zero-order valence-electron chi connectivity index (χ0n) is 10.5. The number of nitrogens with zero attached hydrogens (tertiary/aromatic N) is 3. The first-order valence-electron chi connectivity index (χ1n) is 5.48. The zero-order valence-corrected chi connectivity index (χ0v) is 10.5. The van der Waals surface area contributed by atoms with Gasteiger partial charge in [0.15, 0.2) is 0 Å². The molecule has 1 aromatic heterocycles. The van der Waals surface area contributed by atoms with Crippen molar-refractivity contribution in [3.05, 3.63) is 18.1 Å². The van der Waals surface area contributed by atoms with Gasteiger partial charge in [0.1, 0.15) is 17.3 Å². The number of ether oxygens (including phenoxy) is 1. The van der Waals surface area contributed by atoms with Crippen LogP contribution in [0.5, 0.6) is 0 Å². The highest BCUT2D eigenvalue weighted by Crippen LogP contribution is 2.12. The third-order valence-corrected chi connectivity index (χ3v) is 2.37. The molecular formula is C11H19N5O. The predicted molar refractivity (Wildman–Crippen MR) is 67.4 cm³/mol. The van der Waals surface area contributed by atoms with Gasteiger partial charge in [0.2, 0.25) is 0 Å². The Hall–Kier alpha value is -1.69. The summed E-state index contributed by atoms with van der Waals surface area (Å²) in [5, 5.41) is 7.25. The van der Waals surface area contributed by atoms with E-state index in [2.05, 4.69) is 28.7 Å². The number of amidine groups is 1. The van der Waals surface area contributed by atoms with Gasteiger partial charge in [-0.05, 0) is 13.8 Å². The fourth-order valence-corrected chi connectivity index (χ4v) is 1.44. The molecule has 1 heterocycles. The van der Waals surface area contributed by atoms with E-state index >= 15 is 0 Å². The highest BCUT2D eigenvalue weighted by Gasteiger charge is 2.12. The topological polar surface area (TPSA) is 88.1 Å². The number of aromatic nitrogens is 2. The van der Waals surface area contributed by atoms with Crippen LogP contribution in [0.25, 0.3) is 0 Å². The Morgan fingerprint density at radius 3 is 2.59 bits per heavy atom. The molecular weight excluding hydrogens is 218 g/mol. The SMILES string of the molecule is COCCN(c1cnc(C(=N)N)cn1)C(C)C. The van der Waals surface area contributed by atoms with Crippen LogP contribution in [0.4, 0.5) is 5.82 Å². The molecule has 6 heteroatoms. The normalized spacial score (nSPS) is 10.6. The molecule has 17 heavy (non-hydrogen) atoms. The number of hydrogen-bond acceptors (Lipinski definition) is 5. The Kier molecular flexibility index (Phi) is 4.84. The summed E-state index contributed by atoms with van der Waals surface area (Å²) in [5.74, 6) is 0.694. The molecule has 1 rings (SSSR count). The van der Waals surface area contributed by atoms with Crippen molar-refractivity contribution in [1.29, 1.82) is 5.41 Å². The van der Waals surface area contributed by atoms with E-state index in [4.69, 9.17) is 15.9 Å². The van der Waals surface area contributed by atoms with Crippen LogP contribution in [0.15, 0.2) is 12.4 Å². The van der Waals surface area contributed by atoms with Gasteiger partial charge in [-0.15, -0.1) is 0 Å². The first-order valence-corrected chi connectivity index (χ1v) is 5.48. The number of nitrogens with two attached hydrogens (primary N) is 1. The van der Waals surface area contributed by atoms with Gasteiger partial charge in [-0.3, -0.25) is 5.41 Å². The minimum atomic E-state index is -0.0722. The molecule has 0 aliphatic heterocycles. The molecule has 0 unspecified atom stereocenters. The molecule has 6 nitrogen and oxygen atoms in total. The maximum Gasteiger partial charge on any atom is 0.147 e. The molecule has 0 fully saturated rings. The third-order valence-electron chi connectivity index (χ3n) is 2.37. The fraction of sp³-hybridized carbons (Fsp3) is 0.545. The lowest BCUT2D eigenvalue weighted by atomic mass is 10.3. The van der Waals surface area contributed by atoms with Crippen LogP contribution in [0.2, 0.25) is 0 Å². The van der Waals surface area contributed by atoms with Crippen LogP contribution in [0.1, 0.15) is 19.5 Å². The first-order chi connectivity index (χ1) is 8.06. The number of rotatable bonds is 6. The van der Waals surface area contributed by atoms with Crippen LogP contribution in [-0.2, 0) is 4.74 Å². The van der Waals surface area contributed by atoms with Crippen LogP contribution >= 0.6 is 0 Å². The quantitative estimate of drug-likeness (QED) is 0.559. The van der Waals surface area contributed by atoms with E-state index in [9.17, 15) is 0 Å². The van der Waals surface area contributed by atoms with Crippen molar-refractivity contribution in [2.45, 2.75) is 19.9 Å². The van der Waals surface area contributed by atoms with Crippen LogP contribution in [0, 0.1) is 5.41 Å². The lowest BCUT2D eigenvalue weighted by Gasteiger charge is -2.27. The number of methoxy groups -OCH3 is 1. The van der Waals surface area contributed by atoms with Crippen molar-refractivity contribution < 1.29 is 4.74 Å². The fourth-order valence-electron chi connectivity index (χ4n) is 1.44. The number of anilines is 1. The molecule has 0 radical (unpaired) electrons. The van der Waals surface area contributed by atoms with Crippen molar-refractivity contribution in [3.8, 4) is 0 Å². The van der Waals surface area contributed by atoms with E-state index in [1.54, 1.807) is 13.3 Å². The van der Waals surface area contributed by atoms with E-state index in [0.717, 1.165) is 12.4 Å². The second kappa shape index (κ2) is 6.15. The summed E-state index contributed by atoms with van der Waals surface area (Å²) < 4.78 is 5.06. The van der Waals surface area contributed by atoms with E-state index in [1.165, 1.54) is 6.20 Å². The van der Waals surface area contributed by atoms with Gasteiger partial charge in [0, 0.05) is 19.7 Å². The number of hydrogen-bond donors (Lipinski definition) is 2. The largest absolute Gasteiger partial charge is 0.383 e. The average Bonchev–Trinajstić information content (AvgIpc) is 2.29. The minimum Gasteiger partial charge on any atom is -0.383 e. The van der Waals surface area contributed by atoms with Crippen LogP contribution in [0.3, 0.4) is 0 Å². The molecule has 0 aliphatic rings. The van der Waals surface area contributed by atoms with Crippen molar-refractivity contribution in [2.75, 3.05) is 25.2 Å². The van der Waals surface area contributed by atoms with E-state index in [1.807, 2.05) is 0 Å².